The van der Waals surface area contributed by atoms with E-state index in [2.05, 4.69) is 24.2 Å². The summed E-state index contributed by atoms with van der Waals surface area (Å²) in [6.45, 7) is 4.63. The third-order valence-corrected chi connectivity index (χ3v) is 2.54. The monoisotopic (exact) mass is 143 g/mol. The van der Waals surface area contributed by atoms with Gasteiger partial charge in [-0.15, -0.1) is 11.8 Å². The molecule has 0 aliphatic carbocycles. The van der Waals surface area contributed by atoms with Crippen molar-refractivity contribution in [2.75, 3.05) is 19.3 Å². The number of hydrogen-bond acceptors (Lipinski definition) is 2. The van der Waals surface area contributed by atoms with E-state index in [-0.39, 0.29) is 0 Å². The van der Waals surface area contributed by atoms with Crippen molar-refractivity contribution < 1.29 is 0 Å². The van der Waals surface area contributed by atoms with E-state index in [1.807, 2.05) is 11.8 Å². The highest BCUT2D eigenvalue weighted by molar-refractivity contribution is 8.02. The first-order valence-corrected chi connectivity index (χ1v) is 4.56. The standard InChI is InChI=1S/C7H13NS/c1-3-7(9-2)8-5-4-6-8/h3H,4-6H2,1-2H3. The largest absolute Gasteiger partial charge is 0.367 e. The average molecular weight is 143 g/mol. The maximum absolute atomic E-state index is 2.41. The van der Waals surface area contributed by atoms with Crippen molar-refractivity contribution in [1.82, 2.24) is 4.90 Å². The van der Waals surface area contributed by atoms with Crippen LogP contribution in [0.3, 0.4) is 0 Å². The van der Waals surface area contributed by atoms with Crippen LogP contribution in [0.5, 0.6) is 0 Å². The van der Waals surface area contributed by atoms with Crippen LogP contribution in [0.25, 0.3) is 0 Å². The van der Waals surface area contributed by atoms with E-state index in [9.17, 15) is 0 Å². The van der Waals surface area contributed by atoms with E-state index < -0.39 is 0 Å². The molecular weight excluding hydrogens is 130 g/mol. The van der Waals surface area contributed by atoms with E-state index in [1.165, 1.54) is 24.5 Å². The Morgan fingerprint density at radius 2 is 2.22 bits per heavy atom. The Morgan fingerprint density at radius 1 is 1.56 bits per heavy atom. The molecule has 9 heavy (non-hydrogen) atoms. The van der Waals surface area contributed by atoms with Crippen LogP contribution < -0.4 is 0 Å². The molecule has 2 heteroatoms. The average Bonchev–Trinajstić information content (AvgIpc) is 1.78. The predicted molar refractivity (Wildman–Crippen MR) is 43.5 cm³/mol. The SMILES string of the molecule is CC=C(SC)N1CCC1. The quantitative estimate of drug-likeness (QED) is 0.581. The van der Waals surface area contributed by atoms with Gasteiger partial charge in [-0.25, -0.2) is 0 Å². The summed E-state index contributed by atoms with van der Waals surface area (Å²) in [6, 6.07) is 0. The van der Waals surface area contributed by atoms with E-state index in [0.717, 1.165) is 0 Å². The number of likely N-dealkylation sites (tertiary alicyclic amines) is 1. The Balaban J connectivity index is 2.37. The third kappa shape index (κ3) is 1.42. The molecule has 0 N–H and O–H groups in total. The minimum Gasteiger partial charge on any atom is -0.367 e. The van der Waals surface area contributed by atoms with Crippen molar-refractivity contribution in [2.24, 2.45) is 0 Å². The summed E-state index contributed by atoms with van der Waals surface area (Å²) < 4.78 is 0. The first-order valence-electron chi connectivity index (χ1n) is 3.33. The molecule has 0 amide bonds. The highest BCUT2D eigenvalue weighted by Gasteiger charge is 2.14. The lowest BCUT2D eigenvalue weighted by atomic mass is 10.2. The minimum absolute atomic E-state index is 1.26. The highest BCUT2D eigenvalue weighted by atomic mass is 32.2. The van der Waals surface area contributed by atoms with Gasteiger partial charge >= 0.3 is 0 Å². The van der Waals surface area contributed by atoms with Crippen LogP contribution in [-0.2, 0) is 0 Å². The molecule has 0 unspecified atom stereocenters. The fraction of sp³-hybridized carbons (Fsp3) is 0.714. The smallest absolute Gasteiger partial charge is 0.0661 e. The van der Waals surface area contributed by atoms with E-state index in [1.54, 1.807) is 0 Å². The number of allylic oxidation sites excluding steroid dienone is 1. The Kier molecular flexibility index (Phi) is 2.46. The minimum atomic E-state index is 1.26. The van der Waals surface area contributed by atoms with Crippen molar-refractivity contribution in [3.8, 4) is 0 Å². The molecule has 0 radical (unpaired) electrons. The molecule has 52 valence electrons. The molecular formula is C7H13NS. The molecule has 1 fully saturated rings. The summed E-state index contributed by atoms with van der Waals surface area (Å²) >= 11 is 1.84. The molecule has 1 nitrogen and oxygen atoms in total. The molecule has 0 aromatic rings. The summed E-state index contributed by atoms with van der Waals surface area (Å²) in [7, 11) is 0. The second-order valence-electron chi connectivity index (χ2n) is 2.17. The van der Waals surface area contributed by atoms with Gasteiger partial charge in [0.15, 0.2) is 0 Å². The van der Waals surface area contributed by atoms with Crippen molar-refractivity contribution in [2.45, 2.75) is 13.3 Å². The first-order chi connectivity index (χ1) is 4.38. The summed E-state index contributed by atoms with van der Waals surface area (Å²) in [4.78, 5) is 2.41. The van der Waals surface area contributed by atoms with Gasteiger partial charge < -0.3 is 4.90 Å². The lowest BCUT2D eigenvalue weighted by Crippen LogP contribution is -2.35. The fourth-order valence-electron chi connectivity index (χ4n) is 0.966. The van der Waals surface area contributed by atoms with E-state index in [4.69, 9.17) is 0 Å². The molecule has 0 bridgehead atoms. The summed E-state index contributed by atoms with van der Waals surface area (Å²) in [5.74, 6) is 0. The van der Waals surface area contributed by atoms with E-state index >= 15 is 0 Å². The normalized spacial score (nSPS) is 19.8. The van der Waals surface area contributed by atoms with Gasteiger partial charge in [0.05, 0.1) is 5.03 Å². The van der Waals surface area contributed by atoms with Crippen LogP contribution in [0.1, 0.15) is 13.3 Å². The Morgan fingerprint density at radius 3 is 2.33 bits per heavy atom. The van der Waals surface area contributed by atoms with Crippen molar-refractivity contribution in [1.29, 1.82) is 0 Å². The number of thioether (sulfide) groups is 1. The second-order valence-corrected chi connectivity index (χ2v) is 3.00. The number of hydrogen-bond donors (Lipinski definition) is 0. The van der Waals surface area contributed by atoms with Gasteiger partial charge in [0.1, 0.15) is 0 Å². The van der Waals surface area contributed by atoms with Crippen LogP contribution in [0.2, 0.25) is 0 Å². The Bertz CT molecular complexity index is 116. The van der Waals surface area contributed by atoms with Gasteiger partial charge in [-0.2, -0.15) is 0 Å². The zero-order valence-corrected chi connectivity index (χ0v) is 6.87. The molecule has 0 saturated carbocycles. The molecule has 1 heterocycles. The zero-order chi connectivity index (χ0) is 6.69. The number of rotatable bonds is 2. The fourth-order valence-corrected chi connectivity index (χ4v) is 1.64. The van der Waals surface area contributed by atoms with Gasteiger partial charge in [0.2, 0.25) is 0 Å². The highest BCUT2D eigenvalue weighted by Crippen LogP contribution is 2.22. The van der Waals surface area contributed by atoms with Crippen LogP contribution in [0, 0.1) is 0 Å². The topological polar surface area (TPSA) is 3.24 Å². The predicted octanol–water partition coefficient (Wildman–Crippen LogP) is 1.92. The van der Waals surface area contributed by atoms with Gasteiger partial charge in [-0.3, -0.25) is 0 Å². The summed E-state index contributed by atoms with van der Waals surface area (Å²) in [5.41, 5.74) is 0. The maximum atomic E-state index is 2.41. The first kappa shape index (κ1) is 7.00. The van der Waals surface area contributed by atoms with Crippen molar-refractivity contribution in [3.05, 3.63) is 11.1 Å². The Labute approximate surface area is 61.1 Å². The van der Waals surface area contributed by atoms with Gasteiger partial charge in [0, 0.05) is 13.1 Å². The van der Waals surface area contributed by atoms with Gasteiger partial charge in [-0.1, -0.05) is 6.08 Å². The molecule has 1 aliphatic heterocycles. The molecule has 0 aromatic carbocycles. The van der Waals surface area contributed by atoms with Crippen molar-refractivity contribution in [3.63, 3.8) is 0 Å². The summed E-state index contributed by atoms with van der Waals surface area (Å²) in [6.07, 6.45) is 5.69. The zero-order valence-electron chi connectivity index (χ0n) is 6.05. The molecule has 1 aliphatic rings. The van der Waals surface area contributed by atoms with Crippen LogP contribution >= 0.6 is 11.8 Å². The summed E-state index contributed by atoms with van der Waals surface area (Å²) in [5, 5.41) is 1.43. The molecule has 0 spiro atoms. The van der Waals surface area contributed by atoms with Crippen molar-refractivity contribution >= 4 is 11.8 Å². The van der Waals surface area contributed by atoms with Crippen LogP contribution in [-0.4, -0.2) is 24.2 Å². The lowest BCUT2D eigenvalue weighted by molar-refractivity contribution is 0.256. The molecule has 1 rings (SSSR count). The van der Waals surface area contributed by atoms with Gasteiger partial charge in [0.25, 0.3) is 0 Å². The van der Waals surface area contributed by atoms with Crippen LogP contribution in [0.15, 0.2) is 11.1 Å². The lowest BCUT2D eigenvalue weighted by Gasteiger charge is -2.34. The van der Waals surface area contributed by atoms with Crippen LogP contribution in [0.4, 0.5) is 0 Å². The van der Waals surface area contributed by atoms with Gasteiger partial charge in [-0.05, 0) is 19.6 Å². The molecule has 0 aromatic heterocycles. The molecule has 0 atom stereocenters. The second kappa shape index (κ2) is 3.16. The molecule has 1 saturated heterocycles. The Hall–Kier alpha value is -0.110. The number of nitrogens with zero attached hydrogens (tertiary/aromatic N) is 1. The van der Waals surface area contributed by atoms with E-state index in [0.29, 0.717) is 0 Å². The third-order valence-electron chi connectivity index (χ3n) is 1.62. The maximum Gasteiger partial charge on any atom is 0.0661 e.